The summed E-state index contributed by atoms with van der Waals surface area (Å²) in [6.45, 7) is 2.34. The molecule has 0 bridgehead atoms. The lowest BCUT2D eigenvalue weighted by atomic mass is 10.2. The van der Waals surface area contributed by atoms with Gasteiger partial charge in [0.25, 0.3) is 5.91 Å². The highest BCUT2D eigenvalue weighted by atomic mass is 79.9. The van der Waals surface area contributed by atoms with E-state index in [1.807, 2.05) is 0 Å². The maximum absolute atomic E-state index is 11.8. The zero-order chi connectivity index (χ0) is 14.3. The molecular formula is C13H16BrNO4. The summed E-state index contributed by atoms with van der Waals surface area (Å²) in [6.07, 6.45) is 0.164. The van der Waals surface area contributed by atoms with E-state index in [2.05, 4.69) is 21.2 Å². The van der Waals surface area contributed by atoms with Crippen molar-refractivity contribution in [3.8, 4) is 5.75 Å². The van der Waals surface area contributed by atoms with Gasteiger partial charge in [-0.05, 0) is 41.1 Å². The van der Waals surface area contributed by atoms with Crippen molar-refractivity contribution in [1.29, 1.82) is 0 Å². The highest BCUT2D eigenvalue weighted by Crippen LogP contribution is 2.25. The molecule has 19 heavy (non-hydrogen) atoms. The number of rotatable bonds is 6. The predicted octanol–water partition coefficient (Wildman–Crippen LogP) is 2.14. The molecule has 6 heteroatoms. The molecule has 0 radical (unpaired) electrons. The first-order valence-corrected chi connectivity index (χ1v) is 6.65. The van der Waals surface area contributed by atoms with E-state index in [0.717, 1.165) is 0 Å². The average molecular weight is 330 g/mol. The fourth-order valence-electron chi connectivity index (χ4n) is 1.42. The number of halogens is 1. The number of methoxy groups -OCH3 is 1. The lowest BCUT2D eigenvalue weighted by Gasteiger charge is -2.07. The van der Waals surface area contributed by atoms with Gasteiger partial charge in [-0.15, -0.1) is 0 Å². The van der Waals surface area contributed by atoms with Crippen molar-refractivity contribution in [3.05, 3.63) is 28.2 Å². The number of hydrogen-bond donors (Lipinski definition) is 1. The topological polar surface area (TPSA) is 64.6 Å². The summed E-state index contributed by atoms with van der Waals surface area (Å²) in [6, 6.07) is 5.02. The molecule has 1 aromatic carbocycles. The monoisotopic (exact) mass is 329 g/mol. The van der Waals surface area contributed by atoms with Gasteiger partial charge in [0.15, 0.2) is 0 Å². The number of esters is 1. The Morgan fingerprint density at radius 2 is 2.11 bits per heavy atom. The summed E-state index contributed by atoms with van der Waals surface area (Å²) < 4.78 is 10.5. The van der Waals surface area contributed by atoms with E-state index in [-0.39, 0.29) is 24.8 Å². The molecule has 0 atom stereocenters. The fraction of sp³-hybridized carbons (Fsp3) is 0.385. The second-order valence-corrected chi connectivity index (χ2v) is 4.51. The standard InChI is InChI=1S/C13H16BrNO4/c1-3-19-12(16)6-7-15-13(17)9-4-5-11(18-2)10(14)8-9/h4-5,8H,3,6-7H2,1-2H3,(H,15,17). The maximum atomic E-state index is 11.8. The van der Waals surface area contributed by atoms with E-state index in [1.54, 1.807) is 32.2 Å². The van der Waals surface area contributed by atoms with Crippen LogP contribution in [0.1, 0.15) is 23.7 Å². The number of benzene rings is 1. The van der Waals surface area contributed by atoms with Crippen molar-refractivity contribution >= 4 is 27.8 Å². The summed E-state index contributed by atoms with van der Waals surface area (Å²) in [7, 11) is 1.55. The van der Waals surface area contributed by atoms with Gasteiger partial charge >= 0.3 is 5.97 Å². The first-order chi connectivity index (χ1) is 9.08. The van der Waals surface area contributed by atoms with Crippen molar-refractivity contribution in [1.82, 2.24) is 5.32 Å². The van der Waals surface area contributed by atoms with Crippen molar-refractivity contribution in [2.45, 2.75) is 13.3 Å². The molecule has 5 nitrogen and oxygen atoms in total. The number of amides is 1. The molecule has 1 rings (SSSR count). The Morgan fingerprint density at radius 1 is 1.37 bits per heavy atom. The molecule has 1 aromatic rings. The van der Waals surface area contributed by atoms with Gasteiger partial charge in [0.05, 0.1) is 24.6 Å². The molecule has 0 saturated carbocycles. The molecule has 0 saturated heterocycles. The second-order valence-electron chi connectivity index (χ2n) is 3.66. The van der Waals surface area contributed by atoms with E-state index in [9.17, 15) is 9.59 Å². The minimum absolute atomic E-state index is 0.164. The van der Waals surface area contributed by atoms with Crippen LogP contribution in [0.15, 0.2) is 22.7 Å². The van der Waals surface area contributed by atoms with Gasteiger partial charge in [-0.1, -0.05) is 0 Å². The molecule has 0 unspecified atom stereocenters. The molecule has 0 fully saturated rings. The summed E-state index contributed by atoms with van der Waals surface area (Å²) in [5, 5.41) is 2.65. The molecule has 0 aliphatic heterocycles. The van der Waals surface area contributed by atoms with Gasteiger partial charge in [0, 0.05) is 12.1 Å². The Labute approximate surface area is 120 Å². The smallest absolute Gasteiger partial charge is 0.307 e. The van der Waals surface area contributed by atoms with Gasteiger partial charge in [-0.25, -0.2) is 0 Å². The summed E-state index contributed by atoms with van der Waals surface area (Å²) >= 11 is 3.31. The highest BCUT2D eigenvalue weighted by Gasteiger charge is 2.09. The average Bonchev–Trinajstić information content (AvgIpc) is 2.38. The third-order valence-corrected chi connectivity index (χ3v) is 2.95. The number of carbonyl (C=O) groups is 2. The number of carbonyl (C=O) groups excluding carboxylic acids is 2. The Balaban J connectivity index is 2.50. The molecule has 0 aliphatic carbocycles. The lowest BCUT2D eigenvalue weighted by Crippen LogP contribution is -2.26. The SMILES string of the molecule is CCOC(=O)CCNC(=O)c1ccc(OC)c(Br)c1. The molecule has 0 heterocycles. The third-order valence-electron chi connectivity index (χ3n) is 2.33. The summed E-state index contributed by atoms with van der Waals surface area (Å²) in [4.78, 5) is 22.9. The van der Waals surface area contributed by atoms with E-state index in [4.69, 9.17) is 9.47 Å². The Hall–Kier alpha value is -1.56. The van der Waals surface area contributed by atoms with Gasteiger partial charge in [0.2, 0.25) is 0 Å². The zero-order valence-corrected chi connectivity index (χ0v) is 12.5. The van der Waals surface area contributed by atoms with E-state index in [1.165, 1.54) is 0 Å². The molecule has 0 aliphatic rings. The molecule has 104 valence electrons. The molecule has 1 amide bonds. The largest absolute Gasteiger partial charge is 0.496 e. The zero-order valence-electron chi connectivity index (χ0n) is 10.9. The minimum atomic E-state index is -0.321. The van der Waals surface area contributed by atoms with E-state index >= 15 is 0 Å². The fourth-order valence-corrected chi connectivity index (χ4v) is 1.96. The normalized spacial score (nSPS) is 9.84. The molecule has 1 N–H and O–H groups in total. The van der Waals surface area contributed by atoms with Crippen LogP contribution in [0.2, 0.25) is 0 Å². The van der Waals surface area contributed by atoms with Crippen LogP contribution in [0.5, 0.6) is 5.75 Å². The van der Waals surface area contributed by atoms with Crippen LogP contribution in [-0.2, 0) is 9.53 Å². The molecule has 0 spiro atoms. The molecule has 0 aromatic heterocycles. The Bertz CT molecular complexity index is 462. The lowest BCUT2D eigenvalue weighted by molar-refractivity contribution is -0.142. The van der Waals surface area contributed by atoms with Crippen molar-refractivity contribution in [3.63, 3.8) is 0 Å². The van der Waals surface area contributed by atoms with Gasteiger partial charge in [-0.3, -0.25) is 9.59 Å². The second kappa shape index (κ2) is 7.78. The Kier molecular flexibility index (Phi) is 6.35. The van der Waals surface area contributed by atoms with Crippen LogP contribution in [0.3, 0.4) is 0 Å². The number of nitrogens with one attached hydrogen (secondary N) is 1. The molecular weight excluding hydrogens is 314 g/mol. The van der Waals surface area contributed by atoms with Gasteiger partial charge in [-0.2, -0.15) is 0 Å². The van der Waals surface area contributed by atoms with Crippen LogP contribution < -0.4 is 10.1 Å². The predicted molar refractivity (Wildman–Crippen MR) is 74.3 cm³/mol. The Morgan fingerprint density at radius 3 is 2.68 bits per heavy atom. The van der Waals surface area contributed by atoms with Crippen LogP contribution >= 0.6 is 15.9 Å². The van der Waals surface area contributed by atoms with Crippen molar-refractivity contribution in [2.24, 2.45) is 0 Å². The first-order valence-electron chi connectivity index (χ1n) is 5.85. The van der Waals surface area contributed by atoms with Crippen LogP contribution in [-0.4, -0.2) is 32.1 Å². The maximum Gasteiger partial charge on any atom is 0.307 e. The van der Waals surface area contributed by atoms with Crippen LogP contribution in [0.4, 0.5) is 0 Å². The quantitative estimate of drug-likeness (QED) is 0.812. The first kappa shape index (κ1) is 15.5. The van der Waals surface area contributed by atoms with Gasteiger partial charge in [0.1, 0.15) is 5.75 Å². The third kappa shape index (κ3) is 4.90. The van der Waals surface area contributed by atoms with Crippen LogP contribution in [0, 0.1) is 0 Å². The number of hydrogen-bond acceptors (Lipinski definition) is 4. The van der Waals surface area contributed by atoms with Crippen molar-refractivity contribution < 1.29 is 19.1 Å². The van der Waals surface area contributed by atoms with E-state index in [0.29, 0.717) is 22.4 Å². The summed E-state index contributed by atoms with van der Waals surface area (Å²) in [5.41, 5.74) is 0.497. The highest BCUT2D eigenvalue weighted by molar-refractivity contribution is 9.10. The van der Waals surface area contributed by atoms with Gasteiger partial charge < -0.3 is 14.8 Å². The van der Waals surface area contributed by atoms with E-state index < -0.39 is 0 Å². The van der Waals surface area contributed by atoms with Crippen molar-refractivity contribution in [2.75, 3.05) is 20.3 Å². The summed E-state index contributed by atoms with van der Waals surface area (Å²) in [5.74, 6) is 0.0921. The minimum Gasteiger partial charge on any atom is -0.496 e. The van der Waals surface area contributed by atoms with Crippen LogP contribution in [0.25, 0.3) is 0 Å². The number of ether oxygens (including phenoxy) is 2.